The van der Waals surface area contributed by atoms with Crippen molar-refractivity contribution in [3.8, 4) is 0 Å². The van der Waals surface area contributed by atoms with Crippen LogP contribution in [0, 0.1) is 11.8 Å². The lowest BCUT2D eigenvalue weighted by Gasteiger charge is -2.20. The SMILES string of the molecule is COC(C=C[C@H]1C(O)CC(O)[C@@H]1CC=CCCCC(=O)OC(C)C)CCc1ccco1. The van der Waals surface area contributed by atoms with Gasteiger partial charge in [0, 0.05) is 32.3 Å². The van der Waals surface area contributed by atoms with Crippen molar-refractivity contribution >= 4 is 5.97 Å². The lowest BCUT2D eigenvalue weighted by molar-refractivity contribution is -0.147. The second-order valence-electron chi connectivity index (χ2n) is 8.53. The predicted octanol–water partition coefficient (Wildman–Crippen LogP) is 4.21. The molecule has 0 aliphatic heterocycles. The number of hydrogen-bond donors (Lipinski definition) is 2. The van der Waals surface area contributed by atoms with Gasteiger partial charge in [-0.25, -0.2) is 0 Å². The van der Waals surface area contributed by atoms with E-state index in [0.717, 1.165) is 31.4 Å². The average molecular weight is 435 g/mol. The molecule has 31 heavy (non-hydrogen) atoms. The van der Waals surface area contributed by atoms with E-state index in [2.05, 4.69) is 0 Å². The zero-order valence-corrected chi connectivity index (χ0v) is 19.0. The van der Waals surface area contributed by atoms with Gasteiger partial charge in [0.25, 0.3) is 0 Å². The van der Waals surface area contributed by atoms with Gasteiger partial charge >= 0.3 is 5.97 Å². The van der Waals surface area contributed by atoms with E-state index in [1.165, 1.54) is 0 Å². The summed E-state index contributed by atoms with van der Waals surface area (Å²) in [5.74, 6) is 0.618. The van der Waals surface area contributed by atoms with Gasteiger partial charge in [-0.1, -0.05) is 24.3 Å². The third kappa shape index (κ3) is 9.01. The lowest BCUT2D eigenvalue weighted by atomic mass is 9.89. The first-order valence-corrected chi connectivity index (χ1v) is 11.3. The maximum absolute atomic E-state index is 11.6. The van der Waals surface area contributed by atoms with Crippen LogP contribution in [-0.4, -0.2) is 47.7 Å². The summed E-state index contributed by atoms with van der Waals surface area (Å²) in [7, 11) is 1.67. The molecule has 5 atom stereocenters. The summed E-state index contributed by atoms with van der Waals surface area (Å²) in [6, 6.07) is 3.82. The van der Waals surface area contributed by atoms with Gasteiger partial charge in [0.2, 0.25) is 0 Å². The molecule has 0 spiro atoms. The van der Waals surface area contributed by atoms with Crippen LogP contribution in [0.2, 0.25) is 0 Å². The Morgan fingerprint density at radius 1 is 1.29 bits per heavy atom. The van der Waals surface area contributed by atoms with Crippen LogP contribution in [-0.2, 0) is 20.7 Å². The third-order valence-corrected chi connectivity index (χ3v) is 5.72. The number of ether oxygens (including phenoxy) is 2. The molecule has 174 valence electrons. The molecular formula is C25H38O6. The number of carbonyl (C=O) groups excluding carboxylic acids is 1. The maximum Gasteiger partial charge on any atom is 0.306 e. The number of esters is 1. The van der Waals surface area contributed by atoms with Gasteiger partial charge in [0.05, 0.1) is 30.7 Å². The molecule has 2 N–H and O–H groups in total. The number of rotatable bonds is 13. The average Bonchev–Trinajstić information content (AvgIpc) is 3.32. The smallest absolute Gasteiger partial charge is 0.306 e. The van der Waals surface area contributed by atoms with E-state index in [0.29, 0.717) is 19.3 Å². The minimum Gasteiger partial charge on any atom is -0.469 e. The number of furan rings is 1. The van der Waals surface area contributed by atoms with Gasteiger partial charge in [0.15, 0.2) is 0 Å². The van der Waals surface area contributed by atoms with E-state index in [9.17, 15) is 15.0 Å². The fourth-order valence-electron chi connectivity index (χ4n) is 4.05. The second kappa shape index (κ2) is 13.5. The molecule has 0 bridgehead atoms. The summed E-state index contributed by atoms with van der Waals surface area (Å²) in [5, 5.41) is 20.8. The van der Waals surface area contributed by atoms with Crippen LogP contribution in [0.1, 0.15) is 58.1 Å². The first-order chi connectivity index (χ1) is 14.9. The number of methoxy groups -OCH3 is 1. The Morgan fingerprint density at radius 2 is 2.10 bits per heavy atom. The van der Waals surface area contributed by atoms with E-state index in [4.69, 9.17) is 13.9 Å². The second-order valence-corrected chi connectivity index (χ2v) is 8.53. The van der Waals surface area contributed by atoms with Crippen molar-refractivity contribution in [2.24, 2.45) is 11.8 Å². The van der Waals surface area contributed by atoms with E-state index < -0.39 is 12.2 Å². The Balaban J connectivity index is 1.80. The highest BCUT2D eigenvalue weighted by Crippen LogP contribution is 2.36. The largest absolute Gasteiger partial charge is 0.469 e. The minimum atomic E-state index is -0.557. The van der Waals surface area contributed by atoms with Crippen molar-refractivity contribution in [2.75, 3.05) is 7.11 Å². The molecule has 1 aromatic heterocycles. The van der Waals surface area contributed by atoms with E-state index in [-0.39, 0.29) is 30.0 Å². The number of hydrogen-bond acceptors (Lipinski definition) is 6. The molecule has 0 aromatic carbocycles. The zero-order valence-electron chi connectivity index (χ0n) is 19.0. The van der Waals surface area contributed by atoms with Gasteiger partial charge < -0.3 is 24.1 Å². The lowest BCUT2D eigenvalue weighted by Crippen LogP contribution is -2.20. The summed E-state index contributed by atoms with van der Waals surface area (Å²) in [6.45, 7) is 3.69. The Hall–Kier alpha value is -1.89. The summed E-state index contributed by atoms with van der Waals surface area (Å²) >= 11 is 0. The summed E-state index contributed by atoms with van der Waals surface area (Å²) in [4.78, 5) is 11.6. The van der Waals surface area contributed by atoms with Crippen molar-refractivity contribution in [3.63, 3.8) is 0 Å². The van der Waals surface area contributed by atoms with Crippen molar-refractivity contribution in [1.29, 1.82) is 0 Å². The predicted molar refractivity (Wildman–Crippen MR) is 119 cm³/mol. The summed E-state index contributed by atoms with van der Waals surface area (Å²) in [5.41, 5.74) is 0. The Bertz CT molecular complexity index is 678. The molecule has 6 heteroatoms. The number of aliphatic hydroxyl groups is 2. The highest BCUT2D eigenvalue weighted by Gasteiger charge is 2.39. The molecule has 0 saturated heterocycles. The minimum absolute atomic E-state index is 0.0315. The highest BCUT2D eigenvalue weighted by atomic mass is 16.5. The molecule has 1 saturated carbocycles. The van der Waals surface area contributed by atoms with Gasteiger partial charge in [-0.15, -0.1) is 0 Å². The number of unbranched alkanes of at least 4 members (excludes halogenated alkanes) is 1. The summed E-state index contributed by atoms with van der Waals surface area (Å²) < 4.78 is 16.0. The first kappa shape index (κ1) is 25.4. The number of aliphatic hydroxyl groups excluding tert-OH is 2. The Kier molecular flexibility index (Phi) is 11.1. The number of carbonyl (C=O) groups is 1. The van der Waals surface area contributed by atoms with Crippen LogP contribution < -0.4 is 0 Å². The molecule has 6 nitrogen and oxygen atoms in total. The van der Waals surface area contributed by atoms with Crippen LogP contribution >= 0.6 is 0 Å². The van der Waals surface area contributed by atoms with Crippen LogP contribution in [0.5, 0.6) is 0 Å². The zero-order chi connectivity index (χ0) is 22.6. The van der Waals surface area contributed by atoms with Crippen LogP contribution in [0.25, 0.3) is 0 Å². The van der Waals surface area contributed by atoms with Crippen molar-refractivity contribution in [3.05, 3.63) is 48.5 Å². The van der Waals surface area contributed by atoms with E-state index in [1.807, 2.05) is 50.3 Å². The molecule has 1 aromatic rings. The van der Waals surface area contributed by atoms with Crippen LogP contribution in [0.15, 0.2) is 47.1 Å². The Labute approximate surface area is 185 Å². The topological polar surface area (TPSA) is 89.1 Å². The molecule has 2 rings (SSSR count). The monoisotopic (exact) mass is 434 g/mol. The fraction of sp³-hybridized carbons (Fsp3) is 0.640. The number of allylic oxidation sites excluding steroid dienone is 2. The molecule has 3 unspecified atom stereocenters. The van der Waals surface area contributed by atoms with Gasteiger partial charge in [-0.05, 0) is 57.6 Å². The van der Waals surface area contributed by atoms with Gasteiger partial charge in [0.1, 0.15) is 5.76 Å². The molecule has 1 fully saturated rings. The van der Waals surface area contributed by atoms with Gasteiger partial charge in [-0.2, -0.15) is 0 Å². The molecular weight excluding hydrogens is 396 g/mol. The van der Waals surface area contributed by atoms with Crippen molar-refractivity contribution < 1.29 is 28.9 Å². The maximum atomic E-state index is 11.6. The molecule has 1 aliphatic rings. The van der Waals surface area contributed by atoms with E-state index in [1.54, 1.807) is 13.4 Å². The normalized spacial score (nSPS) is 25.1. The molecule has 0 amide bonds. The highest BCUT2D eigenvalue weighted by molar-refractivity contribution is 5.69. The van der Waals surface area contributed by atoms with Crippen LogP contribution in [0.4, 0.5) is 0 Å². The number of aryl methyl sites for hydroxylation is 1. The van der Waals surface area contributed by atoms with E-state index >= 15 is 0 Å². The van der Waals surface area contributed by atoms with Crippen LogP contribution in [0.3, 0.4) is 0 Å². The van der Waals surface area contributed by atoms with Crippen molar-refractivity contribution in [1.82, 2.24) is 0 Å². The molecule has 1 heterocycles. The fourth-order valence-corrected chi connectivity index (χ4v) is 4.05. The van der Waals surface area contributed by atoms with Gasteiger partial charge in [-0.3, -0.25) is 4.79 Å². The quantitative estimate of drug-likeness (QED) is 0.275. The standard InChI is InChI=1S/C25H38O6/c1-18(2)31-25(28)11-7-5-4-6-10-21-22(24(27)17-23(21)26)15-14-19(29-3)12-13-20-9-8-16-30-20/h4,6,8-9,14-16,18-19,21-24,26-27H,5,7,10-13,17H2,1-3H3/t19?,21-,22-,23?,24?/m1/s1. The summed E-state index contributed by atoms with van der Waals surface area (Å²) in [6.07, 6.45) is 13.1. The molecule has 0 radical (unpaired) electrons. The molecule has 1 aliphatic carbocycles. The first-order valence-electron chi connectivity index (χ1n) is 11.3. The van der Waals surface area contributed by atoms with Crippen molar-refractivity contribution in [2.45, 2.75) is 83.2 Å². The third-order valence-electron chi connectivity index (χ3n) is 5.72. The Morgan fingerprint density at radius 3 is 2.77 bits per heavy atom.